The van der Waals surface area contributed by atoms with Crippen molar-refractivity contribution in [2.45, 2.75) is 6.42 Å². The predicted molar refractivity (Wildman–Crippen MR) is 157 cm³/mol. The summed E-state index contributed by atoms with van der Waals surface area (Å²) in [5, 5.41) is 18.1. The van der Waals surface area contributed by atoms with Crippen LogP contribution in [0.2, 0.25) is 0 Å². The first-order valence-electron chi connectivity index (χ1n) is 12.6. The fourth-order valence-corrected chi connectivity index (χ4v) is 4.47. The van der Waals surface area contributed by atoms with Crippen LogP contribution in [-0.4, -0.2) is 16.1 Å². The first-order valence-corrected chi connectivity index (χ1v) is 12.6. The van der Waals surface area contributed by atoms with Gasteiger partial charge in [0.2, 0.25) is 0 Å². The van der Waals surface area contributed by atoms with Crippen molar-refractivity contribution in [1.82, 2.24) is 4.98 Å². The molecule has 0 bridgehead atoms. The molecule has 0 amide bonds. The van der Waals surface area contributed by atoms with Gasteiger partial charge in [-0.15, -0.1) is 0 Å². The Labute approximate surface area is 227 Å². The van der Waals surface area contributed by atoms with Crippen molar-refractivity contribution in [2.24, 2.45) is 0 Å². The van der Waals surface area contributed by atoms with E-state index in [1.807, 2.05) is 30.3 Å². The van der Waals surface area contributed by atoms with Crippen LogP contribution >= 0.6 is 0 Å². The van der Waals surface area contributed by atoms with Crippen molar-refractivity contribution < 1.29 is 9.90 Å². The van der Waals surface area contributed by atoms with Gasteiger partial charge in [-0.3, -0.25) is 0 Å². The van der Waals surface area contributed by atoms with Gasteiger partial charge < -0.3 is 10.1 Å². The maximum atomic E-state index is 11.1. The maximum Gasteiger partial charge on any atom is 0.346 e. The monoisotopic (exact) mass is 506 g/mol. The number of carbonyl (C=O) groups is 1. The van der Waals surface area contributed by atoms with Crippen molar-refractivity contribution in [3.63, 3.8) is 0 Å². The Balaban J connectivity index is 1.41. The fourth-order valence-electron chi connectivity index (χ4n) is 4.47. The van der Waals surface area contributed by atoms with Crippen LogP contribution in [-0.2, 0) is 11.2 Å². The van der Waals surface area contributed by atoms with E-state index < -0.39 is 5.97 Å². The fraction of sp³-hybridized carbons (Fsp3) is 0.0286. The molecule has 4 aromatic carbocycles. The lowest BCUT2D eigenvalue weighted by molar-refractivity contribution is -0.132. The number of nitrogens with zero attached hydrogens (tertiary/aromatic N) is 1. The van der Waals surface area contributed by atoms with E-state index in [1.165, 1.54) is 17.2 Å². The van der Waals surface area contributed by atoms with Gasteiger partial charge in [0.05, 0.1) is 0 Å². The summed E-state index contributed by atoms with van der Waals surface area (Å²) >= 11 is 0. The van der Waals surface area contributed by atoms with E-state index in [-0.39, 0.29) is 5.57 Å². The lowest BCUT2D eigenvalue weighted by Gasteiger charge is -2.11. The van der Waals surface area contributed by atoms with Crippen LogP contribution in [0.25, 0.3) is 29.0 Å². The van der Waals surface area contributed by atoms with Gasteiger partial charge in [0.25, 0.3) is 0 Å². The van der Waals surface area contributed by atoms with Crippen LogP contribution in [0, 0.1) is 11.3 Å². The molecule has 0 saturated heterocycles. The van der Waals surface area contributed by atoms with Crippen LogP contribution in [0.1, 0.15) is 33.5 Å². The molecule has 0 radical (unpaired) electrons. The van der Waals surface area contributed by atoms with Crippen LogP contribution in [0.15, 0.2) is 127 Å². The third-order valence-corrected chi connectivity index (χ3v) is 6.49. The summed E-state index contributed by atoms with van der Waals surface area (Å²) in [4.78, 5) is 14.3. The summed E-state index contributed by atoms with van der Waals surface area (Å²) < 4.78 is 0. The van der Waals surface area contributed by atoms with Gasteiger partial charge in [-0.05, 0) is 69.7 Å². The summed E-state index contributed by atoms with van der Waals surface area (Å²) in [5.74, 6) is -1.25. The Hall–Kier alpha value is -5.40. The number of aromatic nitrogens is 1. The van der Waals surface area contributed by atoms with Crippen molar-refractivity contribution in [1.29, 1.82) is 5.26 Å². The Kier molecular flexibility index (Phi) is 7.62. The van der Waals surface area contributed by atoms with Crippen molar-refractivity contribution in [3.05, 3.63) is 160 Å². The molecule has 0 fully saturated rings. The molecule has 0 saturated carbocycles. The summed E-state index contributed by atoms with van der Waals surface area (Å²) in [6.45, 7) is 0. The second kappa shape index (κ2) is 11.8. The highest BCUT2D eigenvalue weighted by Gasteiger charge is 2.09. The summed E-state index contributed by atoms with van der Waals surface area (Å²) in [6.07, 6.45) is 4.43. The molecule has 188 valence electrons. The molecule has 5 rings (SSSR count). The Morgan fingerprint density at radius 3 is 1.97 bits per heavy atom. The van der Waals surface area contributed by atoms with Gasteiger partial charge in [-0.2, -0.15) is 5.26 Å². The highest BCUT2D eigenvalue weighted by atomic mass is 16.4. The van der Waals surface area contributed by atoms with Crippen LogP contribution in [0.5, 0.6) is 0 Å². The summed E-state index contributed by atoms with van der Waals surface area (Å²) in [5.41, 5.74) is 9.12. The van der Waals surface area contributed by atoms with Gasteiger partial charge in [0.1, 0.15) is 11.6 Å². The number of nitriles is 1. The van der Waals surface area contributed by atoms with E-state index in [1.54, 1.807) is 12.1 Å². The van der Waals surface area contributed by atoms with E-state index in [0.29, 0.717) is 5.69 Å². The number of nitrogens with one attached hydrogen (secondary N) is 1. The molecular weight excluding hydrogens is 480 g/mol. The second-order valence-electron chi connectivity index (χ2n) is 9.21. The van der Waals surface area contributed by atoms with Crippen LogP contribution in [0.4, 0.5) is 0 Å². The highest BCUT2D eigenvalue weighted by molar-refractivity contribution is 5.96. The zero-order valence-corrected chi connectivity index (χ0v) is 21.2. The number of hydrogen-bond donors (Lipinski definition) is 2. The number of carboxylic acids is 1. The van der Waals surface area contributed by atoms with E-state index in [4.69, 9.17) is 10.4 Å². The number of aromatic amines is 1. The van der Waals surface area contributed by atoms with Crippen molar-refractivity contribution in [2.75, 3.05) is 0 Å². The predicted octanol–water partition coefficient (Wildman–Crippen LogP) is 7.85. The minimum atomic E-state index is -1.25. The average Bonchev–Trinajstić information content (AvgIpc) is 3.45. The molecule has 0 aliphatic carbocycles. The molecule has 2 N–H and O–H groups in total. The third kappa shape index (κ3) is 6.30. The first-order chi connectivity index (χ1) is 19.1. The smallest absolute Gasteiger partial charge is 0.346 e. The zero-order chi connectivity index (χ0) is 27.0. The number of carboxylic acid groups (broad SMARTS) is 1. The molecule has 0 aliphatic rings. The maximum absolute atomic E-state index is 11.1. The van der Waals surface area contributed by atoms with E-state index in [9.17, 15) is 4.79 Å². The van der Waals surface area contributed by atoms with Gasteiger partial charge in [-0.1, -0.05) is 109 Å². The molecule has 4 heteroatoms. The lowest BCUT2D eigenvalue weighted by Crippen LogP contribution is -1.97. The zero-order valence-electron chi connectivity index (χ0n) is 21.2. The van der Waals surface area contributed by atoms with Crippen LogP contribution in [0.3, 0.4) is 0 Å². The summed E-state index contributed by atoms with van der Waals surface area (Å²) in [6, 6.07) is 43.1. The van der Waals surface area contributed by atoms with Crippen molar-refractivity contribution in [3.8, 4) is 17.3 Å². The molecule has 5 aromatic rings. The molecule has 0 aliphatic heterocycles. The van der Waals surface area contributed by atoms with Crippen molar-refractivity contribution >= 4 is 23.7 Å². The van der Waals surface area contributed by atoms with Crippen LogP contribution < -0.4 is 0 Å². The average molecular weight is 507 g/mol. The van der Waals surface area contributed by atoms with E-state index in [2.05, 4.69) is 96.0 Å². The summed E-state index contributed by atoms with van der Waals surface area (Å²) in [7, 11) is 0. The Morgan fingerprint density at radius 2 is 1.33 bits per heavy atom. The molecule has 39 heavy (non-hydrogen) atoms. The Morgan fingerprint density at radius 1 is 0.718 bits per heavy atom. The molecule has 0 unspecified atom stereocenters. The SMILES string of the molecule is N#C/C(=C/c1ccc(-c2ccc(/C=C(\c3ccccc3)c3ccc(Cc4ccccc4)cc3)cc2)[nH]1)C(=O)O. The van der Waals surface area contributed by atoms with Gasteiger partial charge in [0.15, 0.2) is 0 Å². The molecule has 1 aromatic heterocycles. The standard InChI is InChI=1S/C35H26N2O2/c36-24-31(35(38)39)23-32-19-20-34(37-32)30-17-13-27(14-18-30)22-33(28-9-5-2-6-10-28)29-15-11-26(12-16-29)21-25-7-3-1-4-8-25/h1-20,22-23,37H,21H2,(H,38,39)/b31-23-,33-22+. The lowest BCUT2D eigenvalue weighted by atomic mass is 9.94. The quantitative estimate of drug-likeness (QED) is 0.128. The number of hydrogen-bond acceptors (Lipinski definition) is 2. The minimum absolute atomic E-state index is 0.314. The number of rotatable bonds is 8. The highest BCUT2D eigenvalue weighted by Crippen LogP contribution is 2.28. The third-order valence-electron chi connectivity index (χ3n) is 6.49. The molecule has 1 heterocycles. The van der Waals surface area contributed by atoms with Gasteiger partial charge in [0, 0.05) is 11.4 Å². The first kappa shape index (κ1) is 25.3. The molecule has 0 spiro atoms. The number of aliphatic carboxylic acids is 1. The normalized spacial score (nSPS) is 11.7. The minimum Gasteiger partial charge on any atom is -0.477 e. The molecular formula is C35H26N2O2. The van der Waals surface area contributed by atoms with Gasteiger partial charge >= 0.3 is 5.97 Å². The van der Waals surface area contributed by atoms with E-state index in [0.717, 1.165) is 39.9 Å². The number of benzene rings is 4. The van der Waals surface area contributed by atoms with E-state index >= 15 is 0 Å². The second-order valence-corrected chi connectivity index (χ2v) is 9.21. The number of H-pyrrole nitrogens is 1. The molecule has 4 nitrogen and oxygen atoms in total. The Bertz CT molecular complexity index is 1670. The topological polar surface area (TPSA) is 76.9 Å². The van der Waals surface area contributed by atoms with Gasteiger partial charge in [-0.25, -0.2) is 4.79 Å². The largest absolute Gasteiger partial charge is 0.477 e. The molecule has 0 atom stereocenters.